The molecule has 1 fully saturated rings. The van der Waals surface area contributed by atoms with Crippen LogP contribution in [0.25, 0.3) is 0 Å². The normalized spacial score (nSPS) is 18.1. The molecule has 2 aliphatic rings. The number of nitrogens with one attached hydrogen (secondary N) is 2. The second kappa shape index (κ2) is 7.42. The highest BCUT2D eigenvalue weighted by Gasteiger charge is 2.33. The van der Waals surface area contributed by atoms with Crippen LogP contribution in [0.3, 0.4) is 0 Å². The molecule has 0 spiro atoms. The third-order valence-electron chi connectivity index (χ3n) is 5.11. The molecule has 7 nitrogen and oxygen atoms in total. The molecule has 1 atom stereocenters. The van der Waals surface area contributed by atoms with Gasteiger partial charge in [-0.2, -0.15) is 0 Å². The van der Waals surface area contributed by atoms with Gasteiger partial charge in [0, 0.05) is 24.0 Å². The number of fused-ring (bicyclic) bond motifs is 1. The Balaban J connectivity index is 1.38. The van der Waals surface area contributed by atoms with Gasteiger partial charge >= 0.3 is 6.03 Å². The summed E-state index contributed by atoms with van der Waals surface area (Å²) in [4.78, 5) is 26.8. The van der Waals surface area contributed by atoms with Crippen LogP contribution in [0.5, 0.6) is 11.5 Å². The Morgan fingerprint density at radius 1 is 1.04 bits per heavy atom. The first-order chi connectivity index (χ1) is 13.5. The molecule has 0 saturated carbocycles. The first-order valence-electron chi connectivity index (χ1n) is 9.37. The Kier molecular flexibility index (Phi) is 4.81. The van der Waals surface area contributed by atoms with Crippen LogP contribution in [0.4, 0.5) is 16.2 Å². The van der Waals surface area contributed by atoms with E-state index in [-0.39, 0.29) is 5.91 Å². The van der Waals surface area contributed by atoms with Gasteiger partial charge in [0.2, 0.25) is 5.91 Å². The van der Waals surface area contributed by atoms with Gasteiger partial charge in [-0.25, -0.2) is 4.79 Å². The highest BCUT2D eigenvalue weighted by molar-refractivity contribution is 6.02. The number of aryl methyl sites for hydroxylation is 2. The minimum absolute atomic E-state index is 0.0967. The Bertz CT molecular complexity index is 928. The molecule has 2 aliphatic heterocycles. The average Bonchev–Trinajstić information content (AvgIpc) is 3.04. The van der Waals surface area contributed by atoms with Crippen molar-refractivity contribution in [1.29, 1.82) is 0 Å². The zero-order valence-corrected chi connectivity index (χ0v) is 16.0. The molecule has 1 unspecified atom stereocenters. The summed E-state index contributed by atoms with van der Waals surface area (Å²) in [5.41, 5.74) is 3.77. The number of nitrogens with zero attached hydrogens (tertiary/aromatic N) is 1. The maximum absolute atomic E-state index is 12.7. The summed E-state index contributed by atoms with van der Waals surface area (Å²) in [5, 5.41) is 5.52. The highest BCUT2D eigenvalue weighted by atomic mass is 16.6. The standard InChI is InChI=1S/C21H23N3O4/c1-13-3-5-16(11-14(13)2)24-8-7-17(20(24)25)23-21(26)22-15-4-6-18-19(12-15)28-10-9-27-18/h3-6,11-12,17H,7-10H2,1-2H3,(H2,22,23,26). The Morgan fingerprint density at radius 3 is 2.61 bits per heavy atom. The van der Waals surface area contributed by atoms with Crippen LogP contribution < -0.4 is 25.0 Å². The summed E-state index contributed by atoms with van der Waals surface area (Å²) in [5.74, 6) is 1.16. The molecule has 146 valence electrons. The van der Waals surface area contributed by atoms with E-state index in [0.29, 0.717) is 43.4 Å². The van der Waals surface area contributed by atoms with Crippen molar-refractivity contribution in [2.24, 2.45) is 0 Å². The molecule has 1 saturated heterocycles. The monoisotopic (exact) mass is 381 g/mol. The molecule has 0 aliphatic carbocycles. The van der Waals surface area contributed by atoms with Gasteiger partial charge in [0.1, 0.15) is 19.3 Å². The maximum atomic E-state index is 12.7. The third-order valence-corrected chi connectivity index (χ3v) is 5.11. The Hall–Kier alpha value is -3.22. The topological polar surface area (TPSA) is 79.9 Å². The first kappa shape index (κ1) is 18.2. The molecule has 3 amide bonds. The van der Waals surface area contributed by atoms with Gasteiger partial charge in [0.25, 0.3) is 0 Å². The molecule has 2 heterocycles. The molecule has 28 heavy (non-hydrogen) atoms. The van der Waals surface area contributed by atoms with E-state index in [1.165, 1.54) is 5.56 Å². The van der Waals surface area contributed by atoms with Crippen molar-refractivity contribution in [3.63, 3.8) is 0 Å². The third kappa shape index (κ3) is 3.60. The molecule has 0 aromatic heterocycles. The van der Waals surface area contributed by atoms with E-state index < -0.39 is 12.1 Å². The summed E-state index contributed by atoms with van der Waals surface area (Å²) in [6, 6.07) is 10.2. The second-order valence-electron chi connectivity index (χ2n) is 7.06. The van der Waals surface area contributed by atoms with Crippen LogP contribution in [-0.2, 0) is 4.79 Å². The number of carbonyl (C=O) groups excluding carboxylic acids is 2. The van der Waals surface area contributed by atoms with Gasteiger partial charge in [-0.15, -0.1) is 0 Å². The quantitative estimate of drug-likeness (QED) is 0.857. The summed E-state index contributed by atoms with van der Waals surface area (Å²) in [6.45, 7) is 5.64. The van der Waals surface area contributed by atoms with Crippen molar-refractivity contribution in [1.82, 2.24) is 5.32 Å². The summed E-state index contributed by atoms with van der Waals surface area (Å²) < 4.78 is 11.0. The van der Waals surface area contributed by atoms with Crippen molar-refractivity contribution in [3.05, 3.63) is 47.5 Å². The minimum Gasteiger partial charge on any atom is -0.486 e. The largest absolute Gasteiger partial charge is 0.486 e. The number of benzene rings is 2. The number of rotatable bonds is 3. The predicted molar refractivity (Wildman–Crippen MR) is 106 cm³/mol. The Morgan fingerprint density at radius 2 is 1.82 bits per heavy atom. The van der Waals surface area contributed by atoms with Gasteiger partial charge in [-0.1, -0.05) is 6.07 Å². The lowest BCUT2D eigenvalue weighted by Crippen LogP contribution is -2.43. The molecule has 7 heteroatoms. The van der Waals surface area contributed by atoms with E-state index >= 15 is 0 Å². The molecule has 0 bridgehead atoms. The average molecular weight is 381 g/mol. The van der Waals surface area contributed by atoms with E-state index in [2.05, 4.69) is 10.6 Å². The lowest BCUT2D eigenvalue weighted by Gasteiger charge is -2.20. The minimum atomic E-state index is -0.543. The molecule has 2 N–H and O–H groups in total. The zero-order chi connectivity index (χ0) is 19.7. The van der Waals surface area contributed by atoms with Crippen molar-refractivity contribution >= 4 is 23.3 Å². The number of anilines is 2. The molecule has 0 radical (unpaired) electrons. The Labute approximate surface area is 163 Å². The lowest BCUT2D eigenvalue weighted by atomic mass is 10.1. The molecular formula is C21H23N3O4. The van der Waals surface area contributed by atoms with E-state index in [1.807, 2.05) is 32.0 Å². The van der Waals surface area contributed by atoms with Gasteiger partial charge in [-0.3, -0.25) is 4.79 Å². The van der Waals surface area contributed by atoms with E-state index in [4.69, 9.17) is 9.47 Å². The van der Waals surface area contributed by atoms with Crippen LogP contribution in [0.1, 0.15) is 17.5 Å². The summed E-state index contributed by atoms with van der Waals surface area (Å²) in [6.07, 6.45) is 0.570. The zero-order valence-electron chi connectivity index (χ0n) is 16.0. The summed E-state index contributed by atoms with van der Waals surface area (Å²) >= 11 is 0. The van der Waals surface area contributed by atoms with Crippen molar-refractivity contribution in [2.45, 2.75) is 26.3 Å². The molecule has 4 rings (SSSR count). The fourth-order valence-electron chi connectivity index (χ4n) is 3.41. The van der Waals surface area contributed by atoms with Crippen LogP contribution in [0.2, 0.25) is 0 Å². The molecule has 2 aromatic rings. The number of urea groups is 1. The van der Waals surface area contributed by atoms with Crippen LogP contribution >= 0.6 is 0 Å². The molecular weight excluding hydrogens is 358 g/mol. The van der Waals surface area contributed by atoms with E-state index in [0.717, 1.165) is 11.3 Å². The predicted octanol–water partition coefficient (Wildman–Crippen LogP) is 3.00. The van der Waals surface area contributed by atoms with Crippen molar-refractivity contribution in [3.8, 4) is 11.5 Å². The SMILES string of the molecule is Cc1ccc(N2CCC(NC(=O)Nc3ccc4c(c3)OCCO4)C2=O)cc1C. The molecule has 2 aromatic carbocycles. The second-order valence-corrected chi connectivity index (χ2v) is 7.06. The maximum Gasteiger partial charge on any atom is 0.319 e. The van der Waals surface area contributed by atoms with Crippen LogP contribution in [0, 0.1) is 13.8 Å². The summed E-state index contributed by atoms with van der Waals surface area (Å²) in [7, 11) is 0. The number of hydrogen-bond acceptors (Lipinski definition) is 4. The number of ether oxygens (including phenoxy) is 2. The van der Waals surface area contributed by atoms with Crippen LogP contribution in [0.15, 0.2) is 36.4 Å². The van der Waals surface area contributed by atoms with Crippen LogP contribution in [-0.4, -0.2) is 37.7 Å². The van der Waals surface area contributed by atoms with Gasteiger partial charge in [0.05, 0.1) is 0 Å². The number of hydrogen-bond donors (Lipinski definition) is 2. The van der Waals surface area contributed by atoms with E-state index in [9.17, 15) is 9.59 Å². The number of carbonyl (C=O) groups is 2. The first-order valence-corrected chi connectivity index (χ1v) is 9.37. The lowest BCUT2D eigenvalue weighted by molar-refractivity contribution is -0.118. The number of amides is 3. The smallest absolute Gasteiger partial charge is 0.319 e. The van der Waals surface area contributed by atoms with Gasteiger partial charge < -0.3 is 25.0 Å². The fraction of sp³-hybridized carbons (Fsp3) is 0.333. The van der Waals surface area contributed by atoms with Gasteiger partial charge in [-0.05, 0) is 55.7 Å². The fourth-order valence-corrected chi connectivity index (χ4v) is 3.41. The van der Waals surface area contributed by atoms with Crippen molar-refractivity contribution in [2.75, 3.05) is 30.0 Å². The highest BCUT2D eigenvalue weighted by Crippen LogP contribution is 2.32. The van der Waals surface area contributed by atoms with Crippen molar-refractivity contribution < 1.29 is 19.1 Å². The van der Waals surface area contributed by atoms with Gasteiger partial charge in [0.15, 0.2) is 11.5 Å². The van der Waals surface area contributed by atoms with E-state index in [1.54, 1.807) is 23.1 Å².